The van der Waals surface area contributed by atoms with Gasteiger partial charge in [-0.3, -0.25) is 9.59 Å². The molecule has 4 rings (SSSR count). The Kier molecular flexibility index (Phi) is 5.84. The van der Waals surface area contributed by atoms with Crippen molar-refractivity contribution in [2.75, 3.05) is 6.54 Å². The van der Waals surface area contributed by atoms with E-state index in [1.54, 1.807) is 41.3 Å². The van der Waals surface area contributed by atoms with E-state index in [9.17, 15) is 9.59 Å². The first-order valence-electron chi connectivity index (χ1n) is 9.98. The summed E-state index contributed by atoms with van der Waals surface area (Å²) >= 11 is 0. The van der Waals surface area contributed by atoms with Crippen molar-refractivity contribution >= 4 is 11.8 Å². The van der Waals surface area contributed by atoms with E-state index in [-0.39, 0.29) is 17.9 Å². The van der Waals surface area contributed by atoms with Crippen molar-refractivity contribution in [2.24, 2.45) is 0 Å². The molecule has 30 heavy (non-hydrogen) atoms. The van der Waals surface area contributed by atoms with Gasteiger partial charge in [0.15, 0.2) is 5.69 Å². The van der Waals surface area contributed by atoms with E-state index in [2.05, 4.69) is 36.2 Å². The summed E-state index contributed by atoms with van der Waals surface area (Å²) in [6, 6.07) is 7.26. The smallest absolute Gasteiger partial charge is 0.274 e. The van der Waals surface area contributed by atoms with Crippen LogP contribution in [0, 0.1) is 0 Å². The van der Waals surface area contributed by atoms with Gasteiger partial charge in [0.2, 0.25) is 0 Å². The lowest BCUT2D eigenvalue weighted by molar-refractivity contribution is 0.0940. The van der Waals surface area contributed by atoms with Crippen LogP contribution in [-0.4, -0.2) is 49.4 Å². The van der Waals surface area contributed by atoms with Crippen LogP contribution in [-0.2, 0) is 13.1 Å². The molecule has 10 heteroatoms. The molecule has 10 nitrogen and oxygen atoms in total. The predicted octanol–water partition coefficient (Wildman–Crippen LogP) is 0.922. The van der Waals surface area contributed by atoms with E-state index < -0.39 is 0 Å². The molecule has 1 aliphatic rings. The van der Waals surface area contributed by atoms with Crippen LogP contribution in [0.3, 0.4) is 0 Å². The monoisotopic (exact) mass is 408 g/mol. The van der Waals surface area contributed by atoms with Crippen molar-refractivity contribution < 1.29 is 9.59 Å². The zero-order chi connectivity index (χ0) is 20.9. The van der Waals surface area contributed by atoms with Crippen LogP contribution in [0.5, 0.6) is 0 Å². The van der Waals surface area contributed by atoms with Crippen molar-refractivity contribution in [3.63, 3.8) is 0 Å². The van der Waals surface area contributed by atoms with Gasteiger partial charge in [-0.25, -0.2) is 9.67 Å². The molecule has 2 amide bonds. The van der Waals surface area contributed by atoms with Gasteiger partial charge < -0.3 is 20.9 Å². The average Bonchev–Trinajstić information content (AvgIpc) is 3.24. The normalized spacial score (nSPS) is 13.2. The molecule has 0 atom stereocenters. The van der Waals surface area contributed by atoms with Crippen molar-refractivity contribution in [3.8, 4) is 5.69 Å². The number of amides is 2. The Hall–Kier alpha value is -3.53. The van der Waals surface area contributed by atoms with Gasteiger partial charge in [0, 0.05) is 37.1 Å². The third-order valence-corrected chi connectivity index (χ3v) is 4.74. The molecular weight excluding hydrogens is 384 g/mol. The number of nitrogens with zero attached hydrogens (tertiary/aromatic N) is 4. The van der Waals surface area contributed by atoms with Crippen LogP contribution in [0.2, 0.25) is 0 Å². The minimum atomic E-state index is -0.225. The first-order chi connectivity index (χ1) is 14.7. The van der Waals surface area contributed by atoms with Crippen LogP contribution < -0.4 is 16.0 Å². The SMILES string of the molecule is CCNC(=O)c1ccc(-n2nnc(C(=O)NC3CC3)c2CNCc2ncc[nH]2)cc1. The highest BCUT2D eigenvalue weighted by Gasteiger charge is 2.27. The first kappa shape index (κ1) is 19.8. The van der Waals surface area contributed by atoms with Crippen LogP contribution in [0.1, 0.15) is 52.1 Å². The molecule has 0 aliphatic heterocycles. The van der Waals surface area contributed by atoms with Crippen molar-refractivity contribution in [1.82, 2.24) is 40.9 Å². The maximum absolute atomic E-state index is 12.6. The van der Waals surface area contributed by atoms with E-state index >= 15 is 0 Å². The summed E-state index contributed by atoms with van der Waals surface area (Å²) in [5.41, 5.74) is 2.22. The summed E-state index contributed by atoms with van der Waals surface area (Å²) in [4.78, 5) is 31.9. The fourth-order valence-corrected chi connectivity index (χ4v) is 3.04. The second kappa shape index (κ2) is 8.87. The highest BCUT2D eigenvalue weighted by atomic mass is 16.2. The summed E-state index contributed by atoms with van der Waals surface area (Å²) < 4.78 is 1.62. The van der Waals surface area contributed by atoms with Gasteiger partial charge in [0.05, 0.1) is 17.9 Å². The number of benzene rings is 1. The Morgan fingerprint density at radius 3 is 2.63 bits per heavy atom. The van der Waals surface area contributed by atoms with E-state index in [4.69, 9.17) is 0 Å². The van der Waals surface area contributed by atoms with Gasteiger partial charge in [0.25, 0.3) is 11.8 Å². The number of H-pyrrole nitrogens is 1. The lowest BCUT2D eigenvalue weighted by atomic mass is 10.2. The number of hydrogen-bond donors (Lipinski definition) is 4. The third-order valence-electron chi connectivity index (χ3n) is 4.74. The van der Waals surface area contributed by atoms with E-state index in [0.717, 1.165) is 24.4 Å². The molecule has 0 spiro atoms. The summed E-state index contributed by atoms with van der Waals surface area (Å²) in [6.45, 7) is 3.32. The van der Waals surface area contributed by atoms with Gasteiger partial charge in [-0.1, -0.05) is 5.21 Å². The van der Waals surface area contributed by atoms with Gasteiger partial charge in [-0.15, -0.1) is 5.10 Å². The molecule has 1 aliphatic carbocycles. The van der Waals surface area contributed by atoms with E-state index in [0.29, 0.717) is 36.6 Å². The van der Waals surface area contributed by atoms with Crippen LogP contribution >= 0.6 is 0 Å². The Bertz CT molecular complexity index is 1010. The summed E-state index contributed by atoms with van der Waals surface area (Å²) in [6.07, 6.45) is 5.43. The molecule has 1 aromatic carbocycles. The molecule has 156 valence electrons. The molecule has 3 aromatic rings. The van der Waals surface area contributed by atoms with Crippen molar-refractivity contribution in [3.05, 3.63) is 59.4 Å². The van der Waals surface area contributed by atoms with Crippen LogP contribution in [0.25, 0.3) is 5.69 Å². The van der Waals surface area contributed by atoms with Crippen molar-refractivity contribution in [1.29, 1.82) is 0 Å². The van der Waals surface area contributed by atoms with Gasteiger partial charge in [-0.2, -0.15) is 0 Å². The largest absolute Gasteiger partial charge is 0.352 e. The number of aromatic amines is 1. The van der Waals surface area contributed by atoms with Gasteiger partial charge in [-0.05, 0) is 44.0 Å². The minimum absolute atomic E-state index is 0.132. The molecule has 0 saturated heterocycles. The Balaban J connectivity index is 1.56. The van der Waals surface area contributed by atoms with Crippen LogP contribution in [0.4, 0.5) is 0 Å². The molecular formula is C20H24N8O2. The Morgan fingerprint density at radius 1 is 1.17 bits per heavy atom. The second-order valence-electron chi connectivity index (χ2n) is 7.09. The number of imidazole rings is 1. The third kappa shape index (κ3) is 4.54. The van der Waals surface area contributed by atoms with Crippen molar-refractivity contribution in [2.45, 2.75) is 38.9 Å². The second-order valence-corrected chi connectivity index (χ2v) is 7.09. The average molecular weight is 408 g/mol. The highest BCUT2D eigenvalue weighted by Crippen LogP contribution is 2.20. The number of aromatic nitrogens is 5. The summed E-state index contributed by atoms with van der Waals surface area (Å²) in [5.74, 6) is 0.439. The Morgan fingerprint density at radius 2 is 1.97 bits per heavy atom. The minimum Gasteiger partial charge on any atom is -0.352 e. The number of hydrogen-bond acceptors (Lipinski definition) is 6. The lowest BCUT2D eigenvalue weighted by Crippen LogP contribution is -2.28. The molecule has 1 saturated carbocycles. The molecule has 2 heterocycles. The molecule has 4 N–H and O–H groups in total. The lowest BCUT2D eigenvalue weighted by Gasteiger charge is -2.10. The molecule has 0 unspecified atom stereocenters. The maximum Gasteiger partial charge on any atom is 0.274 e. The predicted molar refractivity (Wildman–Crippen MR) is 109 cm³/mol. The number of rotatable bonds is 9. The summed E-state index contributed by atoms with van der Waals surface area (Å²) in [5, 5.41) is 17.3. The van der Waals surface area contributed by atoms with Crippen LogP contribution in [0.15, 0.2) is 36.7 Å². The van der Waals surface area contributed by atoms with E-state index in [1.165, 1.54) is 0 Å². The standard InChI is InChI=1S/C20H24N8O2/c1-2-22-19(29)13-3-7-15(8-4-13)28-16(11-21-12-17-23-9-10-24-17)18(26-27-28)20(30)25-14-5-6-14/h3-4,7-10,14,21H,2,5-6,11-12H2,1H3,(H,22,29)(H,23,24)(H,25,30). The zero-order valence-electron chi connectivity index (χ0n) is 16.7. The topological polar surface area (TPSA) is 130 Å². The quantitative estimate of drug-likeness (QED) is 0.417. The molecule has 1 fully saturated rings. The van der Waals surface area contributed by atoms with Gasteiger partial charge in [0.1, 0.15) is 5.82 Å². The fraction of sp³-hybridized carbons (Fsp3) is 0.350. The zero-order valence-corrected chi connectivity index (χ0v) is 16.7. The number of nitrogens with one attached hydrogen (secondary N) is 4. The first-order valence-corrected chi connectivity index (χ1v) is 9.98. The maximum atomic E-state index is 12.6. The van der Waals surface area contributed by atoms with Gasteiger partial charge >= 0.3 is 0 Å². The number of carbonyl (C=O) groups excluding carboxylic acids is 2. The fourth-order valence-electron chi connectivity index (χ4n) is 3.04. The number of carbonyl (C=O) groups is 2. The highest BCUT2D eigenvalue weighted by molar-refractivity contribution is 5.94. The molecule has 0 bridgehead atoms. The molecule has 0 radical (unpaired) electrons. The van der Waals surface area contributed by atoms with E-state index in [1.807, 2.05) is 6.92 Å². The Labute approximate surface area is 173 Å². The summed E-state index contributed by atoms with van der Waals surface area (Å²) in [7, 11) is 0. The molecule has 2 aromatic heterocycles.